The van der Waals surface area contributed by atoms with E-state index in [0.29, 0.717) is 6.42 Å². The van der Waals surface area contributed by atoms with Gasteiger partial charge in [-0.2, -0.15) is 0 Å². The molecule has 0 atom stereocenters. The molecule has 0 aliphatic heterocycles. The summed E-state index contributed by atoms with van der Waals surface area (Å²) in [4.78, 5) is 19.1. The molecule has 1 heterocycles. The Morgan fingerprint density at radius 2 is 1.79 bits per heavy atom. The van der Waals surface area contributed by atoms with Crippen molar-refractivity contribution in [2.45, 2.75) is 26.2 Å². The lowest BCUT2D eigenvalue weighted by Gasteiger charge is -2.15. The molecule has 0 saturated heterocycles. The molecular weight excluding hydrogens is 366 g/mol. The average Bonchev–Trinajstić information content (AvgIpc) is 3.22. The lowest BCUT2D eigenvalue weighted by Crippen LogP contribution is -2.25. The van der Waals surface area contributed by atoms with Crippen LogP contribution in [0, 0.1) is 0 Å². The third kappa shape index (κ3) is 5.75. The fourth-order valence-electron chi connectivity index (χ4n) is 2.90. The highest BCUT2D eigenvalue weighted by atomic mass is 32.1. The molecule has 2 aromatic carbocycles. The maximum atomic E-state index is 12.2. The van der Waals surface area contributed by atoms with Gasteiger partial charge in [-0.15, -0.1) is 11.3 Å². The Hall–Kier alpha value is -2.50. The van der Waals surface area contributed by atoms with Crippen LogP contribution in [-0.4, -0.2) is 35.9 Å². The molecule has 0 bridgehead atoms. The van der Waals surface area contributed by atoms with E-state index >= 15 is 0 Å². The van der Waals surface area contributed by atoms with Gasteiger partial charge in [-0.1, -0.05) is 55.8 Å². The van der Waals surface area contributed by atoms with Crippen LogP contribution in [0.3, 0.4) is 0 Å². The van der Waals surface area contributed by atoms with Crippen molar-refractivity contribution in [1.82, 2.24) is 9.88 Å². The minimum absolute atomic E-state index is 0.0520. The lowest BCUT2D eigenvalue weighted by molar-refractivity contribution is -0.116. The molecule has 1 amide bonds. The van der Waals surface area contributed by atoms with Crippen LogP contribution in [0.25, 0.3) is 21.8 Å². The van der Waals surface area contributed by atoms with E-state index in [0.717, 1.165) is 40.6 Å². The standard InChI is InChI=1S/C23H27N3OS/c1-3-4-15-26(2)16-14-22(27)24-20-12-10-18(11-13-20)21-17-28-23(25-21)19-8-6-5-7-9-19/h5-13,17H,3-4,14-16H2,1-2H3,(H,24,27). The number of carbonyl (C=O) groups is 1. The number of nitrogens with one attached hydrogen (secondary N) is 1. The van der Waals surface area contributed by atoms with E-state index in [1.807, 2.05) is 42.5 Å². The minimum Gasteiger partial charge on any atom is -0.326 e. The monoisotopic (exact) mass is 393 g/mol. The number of benzene rings is 2. The highest BCUT2D eigenvalue weighted by Gasteiger charge is 2.08. The van der Waals surface area contributed by atoms with E-state index in [9.17, 15) is 4.79 Å². The first-order chi connectivity index (χ1) is 13.7. The molecule has 0 unspecified atom stereocenters. The summed E-state index contributed by atoms with van der Waals surface area (Å²) in [5.74, 6) is 0.0520. The topological polar surface area (TPSA) is 45.2 Å². The predicted octanol–water partition coefficient (Wildman–Crippen LogP) is 5.54. The SMILES string of the molecule is CCCCN(C)CCC(=O)Nc1ccc(-c2csc(-c3ccccc3)n2)cc1. The maximum Gasteiger partial charge on any atom is 0.225 e. The van der Waals surface area contributed by atoms with Crippen LogP contribution in [0.15, 0.2) is 60.0 Å². The summed E-state index contributed by atoms with van der Waals surface area (Å²) < 4.78 is 0. The van der Waals surface area contributed by atoms with Crippen molar-refractivity contribution in [2.24, 2.45) is 0 Å². The van der Waals surface area contributed by atoms with Crippen molar-refractivity contribution >= 4 is 22.9 Å². The second kappa shape index (κ2) is 10.2. The largest absolute Gasteiger partial charge is 0.326 e. The molecule has 4 nitrogen and oxygen atoms in total. The maximum absolute atomic E-state index is 12.2. The summed E-state index contributed by atoms with van der Waals surface area (Å²) in [5.41, 5.74) is 3.96. The molecule has 146 valence electrons. The van der Waals surface area contributed by atoms with E-state index in [1.165, 1.54) is 12.8 Å². The van der Waals surface area contributed by atoms with Gasteiger partial charge in [0.25, 0.3) is 0 Å². The van der Waals surface area contributed by atoms with Gasteiger partial charge in [-0.25, -0.2) is 4.98 Å². The zero-order valence-corrected chi connectivity index (χ0v) is 17.3. The van der Waals surface area contributed by atoms with Crippen LogP contribution >= 0.6 is 11.3 Å². The third-order valence-electron chi connectivity index (χ3n) is 4.60. The molecule has 0 aliphatic rings. The number of thiazole rings is 1. The molecule has 1 N–H and O–H groups in total. The molecule has 5 heteroatoms. The Bertz CT molecular complexity index is 874. The van der Waals surface area contributed by atoms with Crippen LogP contribution in [0.5, 0.6) is 0 Å². The minimum atomic E-state index is 0.0520. The fourth-order valence-corrected chi connectivity index (χ4v) is 3.73. The number of unbranched alkanes of at least 4 members (excludes halogenated alkanes) is 1. The number of hydrogen-bond acceptors (Lipinski definition) is 4. The second-order valence-electron chi connectivity index (χ2n) is 6.94. The Morgan fingerprint density at radius 3 is 2.50 bits per heavy atom. The van der Waals surface area contributed by atoms with Gasteiger partial charge in [0, 0.05) is 35.2 Å². The van der Waals surface area contributed by atoms with Crippen molar-refractivity contribution in [1.29, 1.82) is 0 Å². The van der Waals surface area contributed by atoms with Crippen LogP contribution < -0.4 is 5.32 Å². The van der Waals surface area contributed by atoms with Gasteiger partial charge in [-0.05, 0) is 32.1 Å². The van der Waals surface area contributed by atoms with Gasteiger partial charge in [0.1, 0.15) is 5.01 Å². The van der Waals surface area contributed by atoms with Gasteiger partial charge >= 0.3 is 0 Å². The third-order valence-corrected chi connectivity index (χ3v) is 5.49. The van der Waals surface area contributed by atoms with E-state index in [1.54, 1.807) is 11.3 Å². The molecule has 0 fully saturated rings. The van der Waals surface area contributed by atoms with E-state index in [2.05, 4.69) is 41.7 Å². The summed E-state index contributed by atoms with van der Waals surface area (Å²) in [6, 6.07) is 18.1. The summed E-state index contributed by atoms with van der Waals surface area (Å²) >= 11 is 1.64. The van der Waals surface area contributed by atoms with Crippen molar-refractivity contribution in [2.75, 3.05) is 25.5 Å². The molecule has 3 rings (SSSR count). The first-order valence-electron chi connectivity index (χ1n) is 9.75. The van der Waals surface area contributed by atoms with Gasteiger partial charge in [0.15, 0.2) is 0 Å². The molecule has 1 aromatic heterocycles. The fraction of sp³-hybridized carbons (Fsp3) is 0.304. The molecule has 0 aliphatic carbocycles. The van der Waals surface area contributed by atoms with Crippen LogP contribution in [0.1, 0.15) is 26.2 Å². The number of carbonyl (C=O) groups excluding carboxylic acids is 1. The molecular formula is C23H27N3OS. The number of anilines is 1. The van der Waals surface area contributed by atoms with Crippen molar-refractivity contribution in [3.8, 4) is 21.8 Å². The van der Waals surface area contributed by atoms with E-state index < -0.39 is 0 Å². The van der Waals surface area contributed by atoms with Crippen LogP contribution in [0.4, 0.5) is 5.69 Å². The summed E-state index contributed by atoms with van der Waals surface area (Å²) in [6.07, 6.45) is 2.85. The van der Waals surface area contributed by atoms with Gasteiger partial charge in [0.2, 0.25) is 5.91 Å². The Morgan fingerprint density at radius 1 is 1.04 bits per heavy atom. The van der Waals surface area contributed by atoms with Crippen molar-refractivity contribution in [3.63, 3.8) is 0 Å². The van der Waals surface area contributed by atoms with Crippen molar-refractivity contribution < 1.29 is 4.79 Å². The van der Waals surface area contributed by atoms with Gasteiger partial charge in [0.05, 0.1) is 5.69 Å². The first kappa shape index (κ1) is 20.2. The Kier molecular flexibility index (Phi) is 7.34. The smallest absolute Gasteiger partial charge is 0.225 e. The van der Waals surface area contributed by atoms with Crippen molar-refractivity contribution in [3.05, 3.63) is 60.0 Å². The summed E-state index contributed by atoms with van der Waals surface area (Å²) in [5, 5.41) is 6.07. The molecule has 0 spiro atoms. The molecule has 0 radical (unpaired) electrons. The highest BCUT2D eigenvalue weighted by Crippen LogP contribution is 2.29. The van der Waals surface area contributed by atoms with E-state index in [4.69, 9.17) is 4.98 Å². The number of rotatable bonds is 9. The molecule has 0 saturated carbocycles. The van der Waals surface area contributed by atoms with Gasteiger partial charge < -0.3 is 10.2 Å². The number of amides is 1. The second-order valence-corrected chi connectivity index (χ2v) is 7.79. The van der Waals surface area contributed by atoms with E-state index in [-0.39, 0.29) is 5.91 Å². The van der Waals surface area contributed by atoms with Crippen LogP contribution in [-0.2, 0) is 4.79 Å². The summed E-state index contributed by atoms with van der Waals surface area (Å²) in [7, 11) is 2.06. The highest BCUT2D eigenvalue weighted by molar-refractivity contribution is 7.13. The first-order valence-corrected chi connectivity index (χ1v) is 10.6. The zero-order chi connectivity index (χ0) is 19.8. The summed E-state index contributed by atoms with van der Waals surface area (Å²) in [6.45, 7) is 4.00. The number of hydrogen-bond donors (Lipinski definition) is 1. The zero-order valence-electron chi connectivity index (χ0n) is 16.5. The molecule has 28 heavy (non-hydrogen) atoms. The molecule has 3 aromatic rings. The quantitative estimate of drug-likeness (QED) is 0.519. The lowest BCUT2D eigenvalue weighted by atomic mass is 10.1. The Balaban J connectivity index is 1.55. The predicted molar refractivity (Wildman–Crippen MR) is 119 cm³/mol. The number of nitrogens with zero attached hydrogens (tertiary/aromatic N) is 2. The average molecular weight is 394 g/mol. The normalized spacial score (nSPS) is 11.0. The van der Waals surface area contributed by atoms with Gasteiger partial charge in [-0.3, -0.25) is 4.79 Å². The van der Waals surface area contributed by atoms with Crippen LogP contribution in [0.2, 0.25) is 0 Å². The Labute approximate surface area is 171 Å². The number of aromatic nitrogens is 1.